The van der Waals surface area contributed by atoms with Crippen molar-refractivity contribution >= 4 is 29.3 Å². The van der Waals surface area contributed by atoms with Crippen LogP contribution in [0.3, 0.4) is 0 Å². The first-order valence-corrected chi connectivity index (χ1v) is 9.50. The smallest absolute Gasteiger partial charge is 0.264 e. The van der Waals surface area contributed by atoms with Gasteiger partial charge in [0.15, 0.2) is 0 Å². The second-order valence-corrected chi connectivity index (χ2v) is 7.51. The van der Waals surface area contributed by atoms with Gasteiger partial charge in [-0.2, -0.15) is 5.26 Å². The average molecular weight is 395 g/mol. The maximum Gasteiger partial charge on any atom is 0.264 e. The van der Waals surface area contributed by atoms with Crippen LogP contribution in [0.4, 0.5) is 10.1 Å². The average Bonchev–Trinajstić information content (AvgIpc) is 3.00. The van der Waals surface area contributed by atoms with Crippen LogP contribution in [0, 0.1) is 24.1 Å². The van der Waals surface area contributed by atoms with Gasteiger partial charge in [0.1, 0.15) is 22.5 Å². The van der Waals surface area contributed by atoms with Crippen molar-refractivity contribution in [3.63, 3.8) is 0 Å². The Kier molecular flexibility index (Phi) is 5.81. The summed E-state index contributed by atoms with van der Waals surface area (Å²) < 4.78 is 13.2. The lowest BCUT2D eigenvalue weighted by molar-refractivity contribution is -0.117. The molecule has 0 aliphatic carbocycles. The number of hydrogen-bond acceptors (Lipinski definition) is 4. The third-order valence-electron chi connectivity index (χ3n) is 4.36. The van der Waals surface area contributed by atoms with Crippen molar-refractivity contribution in [1.82, 2.24) is 5.32 Å². The van der Waals surface area contributed by atoms with Crippen molar-refractivity contribution < 1.29 is 14.0 Å². The highest BCUT2D eigenvalue weighted by Crippen LogP contribution is 2.41. The fraction of sp³-hybridized carbons (Fsp3) is 0.190. The van der Waals surface area contributed by atoms with Crippen LogP contribution in [-0.2, 0) is 16.0 Å². The van der Waals surface area contributed by atoms with Crippen molar-refractivity contribution in [2.75, 3.05) is 11.9 Å². The van der Waals surface area contributed by atoms with Gasteiger partial charge in [0.05, 0.1) is 5.25 Å². The summed E-state index contributed by atoms with van der Waals surface area (Å²) in [5.74, 6) is -1.11. The lowest BCUT2D eigenvalue weighted by Gasteiger charge is -2.18. The van der Waals surface area contributed by atoms with Crippen molar-refractivity contribution in [3.8, 4) is 6.07 Å². The molecule has 1 fully saturated rings. The van der Waals surface area contributed by atoms with E-state index in [1.807, 2.05) is 25.1 Å². The highest BCUT2D eigenvalue weighted by molar-refractivity contribution is 8.05. The number of nitriles is 1. The molecule has 0 aromatic heterocycles. The van der Waals surface area contributed by atoms with Crippen LogP contribution in [-0.4, -0.2) is 24.1 Å². The molecule has 0 unspecified atom stereocenters. The Morgan fingerprint density at radius 2 is 1.86 bits per heavy atom. The molecule has 28 heavy (non-hydrogen) atoms. The van der Waals surface area contributed by atoms with Gasteiger partial charge < -0.3 is 5.32 Å². The van der Waals surface area contributed by atoms with Crippen molar-refractivity contribution in [3.05, 3.63) is 76.1 Å². The zero-order valence-electron chi connectivity index (χ0n) is 15.4. The highest BCUT2D eigenvalue weighted by atomic mass is 32.2. The quantitative estimate of drug-likeness (QED) is 0.637. The first kappa shape index (κ1) is 19.6. The Hall–Kier alpha value is -3.11. The van der Waals surface area contributed by atoms with Crippen LogP contribution >= 0.6 is 11.8 Å². The second kappa shape index (κ2) is 8.28. The fourth-order valence-corrected chi connectivity index (χ4v) is 4.18. The summed E-state index contributed by atoms with van der Waals surface area (Å²) in [6, 6.07) is 15.2. The number of aryl methyl sites for hydroxylation is 1. The molecule has 142 valence electrons. The summed E-state index contributed by atoms with van der Waals surface area (Å²) in [7, 11) is 1.44. The number of rotatable bonds is 4. The molecule has 1 aliphatic heterocycles. The molecule has 1 atom stereocenters. The molecule has 0 spiro atoms. The Bertz CT molecular complexity index is 978. The zero-order chi connectivity index (χ0) is 20.3. The number of carbonyl (C=O) groups is 2. The Labute approximate surface area is 166 Å². The minimum absolute atomic E-state index is 0.108. The number of hydrogen-bond donors (Lipinski definition) is 1. The second-order valence-electron chi connectivity index (χ2n) is 6.32. The molecule has 1 saturated heterocycles. The van der Waals surface area contributed by atoms with Crippen LogP contribution in [0.15, 0.2) is 59.1 Å². The lowest BCUT2D eigenvalue weighted by Crippen LogP contribution is -2.31. The predicted molar refractivity (Wildman–Crippen MR) is 107 cm³/mol. The molecular formula is C21H18FN3O2S. The van der Waals surface area contributed by atoms with Crippen molar-refractivity contribution in [2.24, 2.45) is 0 Å². The third-order valence-corrected chi connectivity index (χ3v) is 5.62. The number of nitrogens with zero attached hydrogens (tertiary/aromatic N) is 2. The number of nitrogens with one attached hydrogen (secondary N) is 1. The zero-order valence-corrected chi connectivity index (χ0v) is 16.2. The summed E-state index contributed by atoms with van der Waals surface area (Å²) in [5, 5.41) is 11.8. The van der Waals surface area contributed by atoms with Gasteiger partial charge in [-0.3, -0.25) is 14.5 Å². The van der Waals surface area contributed by atoms with E-state index in [9.17, 15) is 19.2 Å². The van der Waals surface area contributed by atoms with Gasteiger partial charge in [0.25, 0.3) is 5.91 Å². The van der Waals surface area contributed by atoms with Crippen molar-refractivity contribution in [2.45, 2.75) is 18.6 Å². The van der Waals surface area contributed by atoms with Gasteiger partial charge in [0, 0.05) is 12.7 Å². The molecule has 2 aromatic carbocycles. The molecule has 0 radical (unpaired) electrons. The molecule has 7 heteroatoms. The van der Waals surface area contributed by atoms with Crippen LogP contribution in [0.5, 0.6) is 0 Å². The fourth-order valence-electron chi connectivity index (χ4n) is 2.88. The van der Waals surface area contributed by atoms with E-state index in [0.717, 1.165) is 11.1 Å². The summed E-state index contributed by atoms with van der Waals surface area (Å²) in [6.45, 7) is 1.93. The molecule has 5 nitrogen and oxygen atoms in total. The maximum atomic E-state index is 13.2. The number of carbonyl (C=O) groups excluding carboxylic acids is 2. The van der Waals surface area contributed by atoms with E-state index in [1.165, 1.54) is 35.8 Å². The van der Waals surface area contributed by atoms with Gasteiger partial charge in [-0.25, -0.2) is 4.39 Å². The predicted octanol–water partition coefficient (Wildman–Crippen LogP) is 3.31. The van der Waals surface area contributed by atoms with Gasteiger partial charge in [-0.1, -0.05) is 41.6 Å². The summed E-state index contributed by atoms with van der Waals surface area (Å²) in [4.78, 5) is 26.8. The van der Waals surface area contributed by atoms with Crippen LogP contribution in [0.2, 0.25) is 0 Å². The standard InChI is InChI=1S/C21H18FN3O2S/c1-13-3-9-16(10-4-13)25-20(27)18(11-14-5-7-15(22)8-6-14)28-21(25)17(12-23)19(26)24-2/h3-10,18H,11H2,1-2H3,(H,24,26)/b21-17-/t18-/m0/s1. The lowest BCUT2D eigenvalue weighted by atomic mass is 10.1. The van der Waals surface area contributed by atoms with E-state index in [1.54, 1.807) is 24.3 Å². The number of halogens is 1. The van der Waals surface area contributed by atoms with Crippen LogP contribution in [0.25, 0.3) is 0 Å². The van der Waals surface area contributed by atoms with E-state index in [4.69, 9.17) is 0 Å². The minimum atomic E-state index is -0.544. The van der Waals surface area contributed by atoms with Crippen LogP contribution < -0.4 is 10.2 Å². The van der Waals surface area contributed by atoms with E-state index < -0.39 is 11.2 Å². The van der Waals surface area contributed by atoms with Gasteiger partial charge in [-0.05, 0) is 43.2 Å². The van der Waals surface area contributed by atoms with E-state index >= 15 is 0 Å². The highest BCUT2D eigenvalue weighted by Gasteiger charge is 2.40. The Morgan fingerprint density at radius 3 is 2.43 bits per heavy atom. The molecule has 0 saturated carbocycles. The summed E-state index contributed by atoms with van der Waals surface area (Å²) in [5.41, 5.74) is 2.32. The van der Waals surface area contributed by atoms with Gasteiger partial charge in [0.2, 0.25) is 5.91 Å². The van der Waals surface area contributed by atoms with Gasteiger partial charge >= 0.3 is 0 Å². The largest absolute Gasteiger partial charge is 0.354 e. The summed E-state index contributed by atoms with van der Waals surface area (Å²) >= 11 is 1.18. The number of anilines is 1. The number of amides is 2. The molecule has 1 N–H and O–H groups in total. The number of thioether (sulfide) groups is 1. The first-order chi connectivity index (χ1) is 13.4. The SMILES string of the molecule is CNC(=O)/C(C#N)=C1\S[C@@H](Cc2ccc(F)cc2)C(=O)N1c1ccc(C)cc1. The first-order valence-electron chi connectivity index (χ1n) is 8.62. The van der Waals surface area contributed by atoms with Gasteiger partial charge in [-0.15, -0.1) is 0 Å². The molecule has 0 bridgehead atoms. The topological polar surface area (TPSA) is 73.2 Å². The minimum Gasteiger partial charge on any atom is -0.354 e. The van der Waals surface area contributed by atoms with E-state index in [-0.39, 0.29) is 17.3 Å². The molecule has 3 rings (SSSR count). The van der Waals surface area contributed by atoms with E-state index in [0.29, 0.717) is 17.1 Å². The molecule has 2 aromatic rings. The van der Waals surface area contributed by atoms with Crippen LogP contribution in [0.1, 0.15) is 11.1 Å². The molecular weight excluding hydrogens is 377 g/mol. The molecule has 2 amide bonds. The number of likely N-dealkylation sites (N-methyl/N-ethyl adjacent to an activating group) is 1. The molecule has 1 aliphatic rings. The normalized spacial score (nSPS) is 18.0. The Morgan fingerprint density at radius 1 is 1.21 bits per heavy atom. The summed E-state index contributed by atoms with van der Waals surface area (Å²) in [6.07, 6.45) is 0.363. The Balaban J connectivity index is 2.03. The van der Waals surface area contributed by atoms with Crippen molar-refractivity contribution in [1.29, 1.82) is 5.26 Å². The molecule has 1 heterocycles. The maximum absolute atomic E-state index is 13.2. The third kappa shape index (κ3) is 3.92. The van der Waals surface area contributed by atoms with E-state index in [2.05, 4.69) is 5.32 Å². The monoisotopic (exact) mass is 395 g/mol. The number of benzene rings is 2.